The van der Waals surface area contributed by atoms with E-state index in [1.807, 2.05) is 14.0 Å². The predicted octanol–water partition coefficient (Wildman–Crippen LogP) is 2.47. The Morgan fingerprint density at radius 1 is 1.56 bits per heavy atom. The van der Waals surface area contributed by atoms with Crippen molar-refractivity contribution in [2.75, 3.05) is 13.6 Å². The monoisotopic (exact) mass is 254 g/mol. The van der Waals surface area contributed by atoms with Crippen molar-refractivity contribution in [3.05, 3.63) is 29.8 Å². The lowest BCUT2D eigenvalue weighted by Crippen LogP contribution is -2.26. The maximum atomic E-state index is 12.8. The Morgan fingerprint density at radius 2 is 2.28 bits per heavy atom. The van der Waals surface area contributed by atoms with Crippen molar-refractivity contribution >= 4 is 5.97 Å². The molecule has 0 radical (unpaired) electrons. The van der Waals surface area contributed by atoms with Gasteiger partial charge in [-0.15, -0.1) is 0 Å². The first-order valence-electron chi connectivity index (χ1n) is 6.08. The predicted molar refractivity (Wildman–Crippen MR) is 66.7 cm³/mol. The molecule has 0 saturated carbocycles. The SMILES string of the molecule is CCC(c1ccc(F)cn1)N(C)CCCC(=O)O. The number of nitrogens with zero attached hydrogens (tertiary/aromatic N) is 2. The molecular formula is C13H19FN2O2. The molecule has 0 spiro atoms. The van der Waals surface area contributed by atoms with E-state index in [9.17, 15) is 9.18 Å². The molecule has 0 bridgehead atoms. The van der Waals surface area contributed by atoms with Gasteiger partial charge in [-0.05, 0) is 38.6 Å². The zero-order valence-corrected chi connectivity index (χ0v) is 10.8. The van der Waals surface area contributed by atoms with Crippen LogP contribution in [0.15, 0.2) is 18.3 Å². The summed E-state index contributed by atoms with van der Waals surface area (Å²) in [4.78, 5) is 16.6. The topological polar surface area (TPSA) is 53.4 Å². The Hall–Kier alpha value is -1.49. The quantitative estimate of drug-likeness (QED) is 0.812. The van der Waals surface area contributed by atoms with Gasteiger partial charge in [-0.25, -0.2) is 4.39 Å². The van der Waals surface area contributed by atoms with Gasteiger partial charge in [-0.3, -0.25) is 14.7 Å². The molecule has 5 heteroatoms. The Kier molecular flexibility index (Phi) is 5.71. The summed E-state index contributed by atoms with van der Waals surface area (Å²) < 4.78 is 12.8. The first kappa shape index (κ1) is 14.6. The first-order valence-corrected chi connectivity index (χ1v) is 6.08. The van der Waals surface area contributed by atoms with Crippen molar-refractivity contribution in [2.45, 2.75) is 32.2 Å². The smallest absolute Gasteiger partial charge is 0.303 e. The van der Waals surface area contributed by atoms with Crippen LogP contribution in [-0.4, -0.2) is 34.6 Å². The van der Waals surface area contributed by atoms with Crippen LogP contribution >= 0.6 is 0 Å². The van der Waals surface area contributed by atoms with Gasteiger partial charge in [0.2, 0.25) is 0 Å². The second kappa shape index (κ2) is 7.06. The van der Waals surface area contributed by atoms with Crippen LogP contribution in [0, 0.1) is 5.82 Å². The summed E-state index contributed by atoms with van der Waals surface area (Å²) >= 11 is 0. The first-order chi connectivity index (χ1) is 8.54. The minimum absolute atomic E-state index is 0.0967. The van der Waals surface area contributed by atoms with Gasteiger partial charge < -0.3 is 5.11 Å². The molecule has 0 amide bonds. The van der Waals surface area contributed by atoms with Gasteiger partial charge in [0.25, 0.3) is 0 Å². The second-order valence-corrected chi connectivity index (χ2v) is 4.30. The molecule has 1 aromatic rings. The number of hydrogen-bond acceptors (Lipinski definition) is 3. The maximum Gasteiger partial charge on any atom is 0.303 e. The lowest BCUT2D eigenvalue weighted by molar-refractivity contribution is -0.137. The number of pyridine rings is 1. The van der Waals surface area contributed by atoms with Crippen molar-refractivity contribution in [2.24, 2.45) is 0 Å². The van der Waals surface area contributed by atoms with Crippen LogP contribution in [0.25, 0.3) is 0 Å². The largest absolute Gasteiger partial charge is 0.481 e. The molecule has 0 fully saturated rings. The molecule has 100 valence electrons. The number of carboxylic acids is 1. The molecule has 1 unspecified atom stereocenters. The van der Waals surface area contributed by atoms with Crippen LogP contribution in [-0.2, 0) is 4.79 Å². The molecular weight excluding hydrogens is 235 g/mol. The van der Waals surface area contributed by atoms with E-state index < -0.39 is 5.97 Å². The van der Waals surface area contributed by atoms with Gasteiger partial charge in [0.1, 0.15) is 5.82 Å². The highest BCUT2D eigenvalue weighted by atomic mass is 19.1. The van der Waals surface area contributed by atoms with Crippen LogP contribution in [0.2, 0.25) is 0 Å². The van der Waals surface area contributed by atoms with Crippen LogP contribution < -0.4 is 0 Å². The lowest BCUT2D eigenvalue weighted by atomic mass is 10.1. The third kappa shape index (κ3) is 4.41. The summed E-state index contributed by atoms with van der Waals surface area (Å²) in [5.41, 5.74) is 0.816. The van der Waals surface area contributed by atoms with Crippen molar-refractivity contribution in [1.29, 1.82) is 0 Å². The van der Waals surface area contributed by atoms with Crippen LogP contribution in [0.4, 0.5) is 4.39 Å². The van der Waals surface area contributed by atoms with Crippen molar-refractivity contribution in [3.63, 3.8) is 0 Å². The van der Waals surface area contributed by atoms with Crippen LogP contribution in [0.3, 0.4) is 0 Å². The Bertz CT molecular complexity index is 381. The van der Waals surface area contributed by atoms with E-state index in [1.54, 1.807) is 6.07 Å². The molecule has 18 heavy (non-hydrogen) atoms. The fourth-order valence-electron chi connectivity index (χ4n) is 1.97. The highest BCUT2D eigenvalue weighted by Crippen LogP contribution is 2.21. The fourth-order valence-corrected chi connectivity index (χ4v) is 1.97. The highest BCUT2D eigenvalue weighted by molar-refractivity contribution is 5.66. The summed E-state index contributed by atoms with van der Waals surface area (Å²) in [5.74, 6) is -1.13. The normalized spacial score (nSPS) is 12.7. The number of aliphatic carboxylic acids is 1. The molecule has 1 N–H and O–H groups in total. The van der Waals surface area contributed by atoms with Gasteiger partial charge in [0.15, 0.2) is 0 Å². The van der Waals surface area contributed by atoms with Crippen molar-refractivity contribution in [3.8, 4) is 0 Å². The Balaban J connectivity index is 2.59. The second-order valence-electron chi connectivity index (χ2n) is 4.30. The summed E-state index contributed by atoms with van der Waals surface area (Å²) in [7, 11) is 1.93. The number of carboxylic acid groups (broad SMARTS) is 1. The fraction of sp³-hybridized carbons (Fsp3) is 0.538. The van der Waals surface area contributed by atoms with E-state index in [0.717, 1.165) is 12.1 Å². The Morgan fingerprint density at radius 3 is 2.78 bits per heavy atom. The average molecular weight is 254 g/mol. The molecule has 0 aliphatic carbocycles. The molecule has 1 atom stereocenters. The minimum Gasteiger partial charge on any atom is -0.481 e. The van der Waals surface area contributed by atoms with E-state index >= 15 is 0 Å². The highest BCUT2D eigenvalue weighted by Gasteiger charge is 2.16. The van der Waals surface area contributed by atoms with E-state index in [1.165, 1.54) is 12.3 Å². The molecule has 4 nitrogen and oxygen atoms in total. The van der Waals surface area contributed by atoms with E-state index in [2.05, 4.69) is 9.88 Å². The van der Waals surface area contributed by atoms with Gasteiger partial charge in [-0.1, -0.05) is 6.92 Å². The molecule has 0 aliphatic heterocycles. The van der Waals surface area contributed by atoms with Gasteiger partial charge in [-0.2, -0.15) is 0 Å². The summed E-state index contributed by atoms with van der Waals surface area (Å²) in [6.07, 6.45) is 2.83. The van der Waals surface area contributed by atoms with E-state index in [4.69, 9.17) is 5.11 Å². The minimum atomic E-state index is -0.781. The molecule has 1 aromatic heterocycles. The summed E-state index contributed by atoms with van der Waals surface area (Å²) in [5, 5.41) is 8.60. The number of aromatic nitrogens is 1. The summed E-state index contributed by atoms with van der Waals surface area (Å²) in [6.45, 7) is 2.72. The van der Waals surface area contributed by atoms with Crippen molar-refractivity contribution in [1.82, 2.24) is 9.88 Å². The molecule has 0 aromatic carbocycles. The van der Waals surface area contributed by atoms with Gasteiger partial charge in [0.05, 0.1) is 17.9 Å². The standard InChI is InChI=1S/C13H19FN2O2/c1-3-12(11-7-6-10(14)9-15-11)16(2)8-4-5-13(17)18/h6-7,9,12H,3-5,8H2,1-2H3,(H,17,18). The third-order valence-corrected chi connectivity index (χ3v) is 2.91. The molecule has 0 aliphatic rings. The lowest BCUT2D eigenvalue weighted by Gasteiger charge is -2.26. The van der Waals surface area contributed by atoms with Crippen LogP contribution in [0.1, 0.15) is 37.9 Å². The Labute approximate surface area is 106 Å². The van der Waals surface area contributed by atoms with Gasteiger partial charge >= 0.3 is 5.97 Å². The molecule has 1 heterocycles. The summed E-state index contributed by atoms with van der Waals surface area (Å²) in [6, 6.07) is 3.17. The number of rotatable bonds is 7. The number of hydrogen-bond donors (Lipinski definition) is 1. The number of carbonyl (C=O) groups is 1. The van der Waals surface area contributed by atoms with Gasteiger partial charge in [0, 0.05) is 6.42 Å². The third-order valence-electron chi connectivity index (χ3n) is 2.91. The molecule has 0 saturated heterocycles. The average Bonchev–Trinajstić information content (AvgIpc) is 2.32. The number of halogens is 1. The van der Waals surface area contributed by atoms with Crippen LogP contribution in [0.5, 0.6) is 0 Å². The van der Waals surface area contributed by atoms with E-state index in [-0.39, 0.29) is 18.3 Å². The zero-order valence-electron chi connectivity index (χ0n) is 10.8. The van der Waals surface area contributed by atoms with Crippen molar-refractivity contribution < 1.29 is 14.3 Å². The maximum absolute atomic E-state index is 12.8. The zero-order chi connectivity index (χ0) is 13.5. The molecule has 1 rings (SSSR count). The van der Waals surface area contributed by atoms with E-state index in [0.29, 0.717) is 13.0 Å².